The van der Waals surface area contributed by atoms with Gasteiger partial charge in [-0.2, -0.15) is 0 Å². The van der Waals surface area contributed by atoms with Crippen LogP contribution in [0.3, 0.4) is 0 Å². The molecule has 0 aromatic heterocycles. The van der Waals surface area contributed by atoms with Gasteiger partial charge in [0.05, 0.1) is 11.5 Å². The largest absolute Gasteiger partial charge is 0.481 e. The van der Waals surface area contributed by atoms with Crippen LogP contribution < -0.4 is 0 Å². The summed E-state index contributed by atoms with van der Waals surface area (Å²) in [6, 6.07) is 0. The number of ether oxygens (including phenoxy) is 1. The molecule has 18 heavy (non-hydrogen) atoms. The SMILES string of the molecule is O=C(O)C1(CC2CCCCO2)CCCCCCC1. The fraction of sp³-hybridized carbons (Fsp3) is 0.933. The molecule has 2 aliphatic rings. The molecule has 2 rings (SSSR count). The number of hydrogen-bond acceptors (Lipinski definition) is 2. The number of carbonyl (C=O) groups is 1. The highest BCUT2D eigenvalue weighted by Crippen LogP contribution is 2.40. The van der Waals surface area contributed by atoms with Crippen molar-refractivity contribution in [3.05, 3.63) is 0 Å². The minimum Gasteiger partial charge on any atom is -0.481 e. The van der Waals surface area contributed by atoms with E-state index in [0.717, 1.165) is 51.6 Å². The van der Waals surface area contributed by atoms with E-state index in [1.165, 1.54) is 25.7 Å². The van der Waals surface area contributed by atoms with E-state index in [1.54, 1.807) is 0 Å². The van der Waals surface area contributed by atoms with Gasteiger partial charge in [-0.1, -0.05) is 32.1 Å². The normalized spacial score (nSPS) is 29.2. The monoisotopic (exact) mass is 254 g/mol. The van der Waals surface area contributed by atoms with E-state index in [1.807, 2.05) is 0 Å². The Labute approximate surface area is 110 Å². The zero-order valence-corrected chi connectivity index (χ0v) is 11.3. The van der Waals surface area contributed by atoms with Crippen LogP contribution in [0.4, 0.5) is 0 Å². The van der Waals surface area contributed by atoms with Crippen LogP contribution in [-0.4, -0.2) is 23.8 Å². The van der Waals surface area contributed by atoms with E-state index in [0.29, 0.717) is 0 Å². The number of carboxylic acids is 1. The summed E-state index contributed by atoms with van der Waals surface area (Å²) in [5.74, 6) is -0.585. The van der Waals surface area contributed by atoms with Gasteiger partial charge in [-0.25, -0.2) is 0 Å². The van der Waals surface area contributed by atoms with Crippen molar-refractivity contribution in [3.63, 3.8) is 0 Å². The molecule has 1 aliphatic carbocycles. The van der Waals surface area contributed by atoms with Crippen molar-refractivity contribution >= 4 is 5.97 Å². The second-order valence-electron chi connectivity index (χ2n) is 6.05. The summed E-state index contributed by atoms with van der Waals surface area (Å²) in [7, 11) is 0. The number of aliphatic carboxylic acids is 1. The molecule has 1 atom stereocenters. The topological polar surface area (TPSA) is 46.5 Å². The fourth-order valence-electron chi connectivity index (χ4n) is 3.49. The van der Waals surface area contributed by atoms with Crippen molar-refractivity contribution in [2.45, 2.75) is 76.7 Å². The quantitative estimate of drug-likeness (QED) is 0.834. The molecule has 1 saturated heterocycles. The molecule has 0 radical (unpaired) electrons. The van der Waals surface area contributed by atoms with E-state index in [4.69, 9.17) is 4.74 Å². The molecule has 0 amide bonds. The van der Waals surface area contributed by atoms with Gasteiger partial charge in [0.1, 0.15) is 0 Å². The maximum atomic E-state index is 11.8. The van der Waals surface area contributed by atoms with E-state index in [-0.39, 0.29) is 6.10 Å². The lowest BCUT2D eigenvalue weighted by atomic mass is 9.72. The summed E-state index contributed by atoms with van der Waals surface area (Å²) in [4.78, 5) is 11.8. The second-order valence-corrected chi connectivity index (χ2v) is 6.05. The highest BCUT2D eigenvalue weighted by Gasteiger charge is 2.40. The predicted octanol–water partition coefficient (Wildman–Crippen LogP) is 3.76. The molecule has 0 bridgehead atoms. The van der Waals surface area contributed by atoms with Gasteiger partial charge in [0.2, 0.25) is 0 Å². The van der Waals surface area contributed by atoms with Crippen LogP contribution in [-0.2, 0) is 9.53 Å². The van der Waals surface area contributed by atoms with Crippen LogP contribution in [0.5, 0.6) is 0 Å². The molecule has 104 valence electrons. The van der Waals surface area contributed by atoms with Crippen LogP contribution in [0.15, 0.2) is 0 Å². The van der Waals surface area contributed by atoms with Crippen molar-refractivity contribution in [1.29, 1.82) is 0 Å². The fourth-order valence-corrected chi connectivity index (χ4v) is 3.49. The van der Waals surface area contributed by atoms with Gasteiger partial charge in [0, 0.05) is 6.61 Å². The highest BCUT2D eigenvalue weighted by molar-refractivity contribution is 5.74. The molecule has 3 heteroatoms. The van der Waals surface area contributed by atoms with E-state index >= 15 is 0 Å². The third-order valence-electron chi connectivity index (χ3n) is 4.66. The standard InChI is InChI=1S/C15H26O3/c16-14(17)15(9-5-2-1-3-6-10-15)12-13-8-4-7-11-18-13/h13H,1-12H2,(H,16,17). The Hall–Kier alpha value is -0.570. The molecule has 2 fully saturated rings. The van der Waals surface area contributed by atoms with Crippen LogP contribution >= 0.6 is 0 Å². The van der Waals surface area contributed by atoms with Gasteiger partial charge in [-0.15, -0.1) is 0 Å². The van der Waals surface area contributed by atoms with Gasteiger partial charge in [-0.3, -0.25) is 4.79 Å². The van der Waals surface area contributed by atoms with Crippen molar-refractivity contribution in [1.82, 2.24) is 0 Å². The summed E-state index contributed by atoms with van der Waals surface area (Å²) in [6.07, 6.45) is 11.8. The summed E-state index contributed by atoms with van der Waals surface area (Å²) < 4.78 is 5.76. The lowest BCUT2D eigenvalue weighted by Gasteiger charge is -2.35. The second kappa shape index (κ2) is 6.55. The molecule has 1 aliphatic heterocycles. The van der Waals surface area contributed by atoms with Gasteiger partial charge >= 0.3 is 5.97 Å². The van der Waals surface area contributed by atoms with Crippen molar-refractivity contribution in [3.8, 4) is 0 Å². The van der Waals surface area contributed by atoms with E-state index < -0.39 is 11.4 Å². The van der Waals surface area contributed by atoms with Gasteiger partial charge in [0.25, 0.3) is 0 Å². The van der Waals surface area contributed by atoms with Gasteiger partial charge in [0.15, 0.2) is 0 Å². The zero-order valence-electron chi connectivity index (χ0n) is 11.3. The highest BCUT2D eigenvalue weighted by atomic mass is 16.5. The Morgan fingerprint density at radius 1 is 1.06 bits per heavy atom. The Bertz CT molecular complexity index is 261. The first kappa shape index (κ1) is 13.9. The summed E-state index contributed by atoms with van der Waals surface area (Å²) in [5.41, 5.74) is -0.498. The van der Waals surface area contributed by atoms with Crippen LogP contribution in [0.1, 0.15) is 70.6 Å². The first-order valence-corrected chi connectivity index (χ1v) is 7.58. The Kier molecular flexibility index (Phi) is 5.04. The van der Waals surface area contributed by atoms with Crippen LogP contribution in [0.25, 0.3) is 0 Å². The Balaban J connectivity index is 2.01. The first-order chi connectivity index (χ1) is 8.73. The lowest BCUT2D eigenvalue weighted by molar-refractivity contribution is -0.154. The Morgan fingerprint density at radius 2 is 1.72 bits per heavy atom. The van der Waals surface area contributed by atoms with Crippen molar-refractivity contribution in [2.24, 2.45) is 5.41 Å². The summed E-state index contributed by atoms with van der Waals surface area (Å²) in [6.45, 7) is 0.820. The van der Waals surface area contributed by atoms with Crippen LogP contribution in [0.2, 0.25) is 0 Å². The average Bonchev–Trinajstić information content (AvgIpc) is 2.34. The minimum absolute atomic E-state index is 0.189. The summed E-state index contributed by atoms with van der Waals surface area (Å²) in [5, 5.41) is 9.68. The molecule has 1 N–H and O–H groups in total. The molecular weight excluding hydrogens is 228 g/mol. The first-order valence-electron chi connectivity index (χ1n) is 7.58. The van der Waals surface area contributed by atoms with E-state index in [9.17, 15) is 9.90 Å². The predicted molar refractivity (Wildman–Crippen MR) is 70.6 cm³/mol. The molecular formula is C15H26O3. The molecule has 1 unspecified atom stereocenters. The molecule has 3 nitrogen and oxygen atoms in total. The number of carboxylic acid groups (broad SMARTS) is 1. The Morgan fingerprint density at radius 3 is 2.28 bits per heavy atom. The average molecular weight is 254 g/mol. The third kappa shape index (κ3) is 3.47. The molecule has 1 heterocycles. The van der Waals surface area contributed by atoms with Gasteiger partial charge in [-0.05, 0) is 38.5 Å². The molecule has 1 saturated carbocycles. The maximum absolute atomic E-state index is 11.8. The molecule has 0 aromatic carbocycles. The maximum Gasteiger partial charge on any atom is 0.309 e. The van der Waals surface area contributed by atoms with Crippen LogP contribution in [0, 0.1) is 5.41 Å². The minimum atomic E-state index is -0.585. The third-order valence-corrected chi connectivity index (χ3v) is 4.66. The zero-order chi connectivity index (χ0) is 12.8. The molecule has 0 spiro atoms. The summed E-state index contributed by atoms with van der Waals surface area (Å²) >= 11 is 0. The van der Waals surface area contributed by atoms with Gasteiger partial charge < -0.3 is 9.84 Å². The number of rotatable bonds is 3. The van der Waals surface area contributed by atoms with E-state index in [2.05, 4.69) is 0 Å². The van der Waals surface area contributed by atoms with Crippen molar-refractivity contribution < 1.29 is 14.6 Å². The molecule has 0 aromatic rings. The lowest BCUT2D eigenvalue weighted by Crippen LogP contribution is -2.37. The smallest absolute Gasteiger partial charge is 0.309 e. The van der Waals surface area contributed by atoms with Crippen molar-refractivity contribution in [2.75, 3.05) is 6.61 Å². The number of hydrogen-bond donors (Lipinski definition) is 1.